The van der Waals surface area contributed by atoms with Crippen molar-refractivity contribution in [2.45, 2.75) is 18.4 Å². The van der Waals surface area contributed by atoms with E-state index in [0.717, 1.165) is 18.7 Å². The van der Waals surface area contributed by atoms with Gasteiger partial charge >= 0.3 is 5.97 Å². The van der Waals surface area contributed by atoms with Gasteiger partial charge in [0, 0.05) is 24.2 Å². The van der Waals surface area contributed by atoms with Crippen molar-refractivity contribution >= 4 is 17.7 Å². The predicted molar refractivity (Wildman–Crippen MR) is 81.5 cm³/mol. The highest BCUT2D eigenvalue weighted by molar-refractivity contribution is 8.03. The van der Waals surface area contributed by atoms with Gasteiger partial charge in [-0.05, 0) is 24.6 Å². The molecule has 1 N–H and O–H groups in total. The fraction of sp³-hybridized carbons (Fsp3) is 0.400. The van der Waals surface area contributed by atoms with Crippen molar-refractivity contribution in [1.29, 1.82) is 0 Å². The van der Waals surface area contributed by atoms with E-state index in [1.807, 2.05) is 29.5 Å². The maximum Gasteiger partial charge on any atom is 0.337 e. The SMILES string of the molecule is COC(=O)c1cccc(C2SC(C)=CN2OC2CNC2)c1. The van der Waals surface area contributed by atoms with Crippen molar-refractivity contribution in [2.24, 2.45) is 0 Å². The zero-order valence-electron chi connectivity index (χ0n) is 12.0. The van der Waals surface area contributed by atoms with Crippen LogP contribution < -0.4 is 5.32 Å². The molecule has 0 bridgehead atoms. The number of methoxy groups -OCH3 is 1. The van der Waals surface area contributed by atoms with Gasteiger partial charge in [-0.2, -0.15) is 0 Å². The Balaban J connectivity index is 1.79. The number of hydroxylamine groups is 2. The van der Waals surface area contributed by atoms with Crippen LogP contribution in [0.3, 0.4) is 0 Å². The van der Waals surface area contributed by atoms with Crippen LogP contribution in [0.2, 0.25) is 0 Å². The Morgan fingerprint density at radius 3 is 2.90 bits per heavy atom. The molecule has 5 nitrogen and oxygen atoms in total. The van der Waals surface area contributed by atoms with Gasteiger partial charge < -0.3 is 10.1 Å². The van der Waals surface area contributed by atoms with E-state index in [4.69, 9.17) is 9.57 Å². The monoisotopic (exact) mass is 306 g/mol. The molecule has 1 aromatic rings. The third-order valence-electron chi connectivity index (χ3n) is 3.45. The summed E-state index contributed by atoms with van der Waals surface area (Å²) >= 11 is 1.72. The molecule has 0 aromatic heterocycles. The van der Waals surface area contributed by atoms with Crippen molar-refractivity contribution in [1.82, 2.24) is 10.4 Å². The second-order valence-corrected chi connectivity index (χ2v) is 6.40. The van der Waals surface area contributed by atoms with Gasteiger partial charge in [0.15, 0.2) is 0 Å². The highest BCUT2D eigenvalue weighted by Gasteiger charge is 2.30. The highest BCUT2D eigenvalue weighted by Crippen LogP contribution is 2.44. The summed E-state index contributed by atoms with van der Waals surface area (Å²) in [5.74, 6) is -0.319. The summed E-state index contributed by atoms with van der Waals surface area (Å²) in [6, 6.07) is 7.51. The maximum absolute atomic E-state index is 11.7. The lowest BCUT2D eigenvalue weighted by Crippen LogP contribution is -2.50. The molecule has 1 unspecified atom stereocenters. The Kier molecular flexibility index (Phi) is 4.19. The molecular weight excluding hydrogens is 288 g/mol. The van der Waals surface area contributed by atoms with Crippen LogP contribution in [0.4, 0.5) is 0 Å². The summed E-state index contributed by atoms with van der Waals surface area (Å²) in [6.07, 6.45) is 2.23. The lowest BCUT2D eigenvalue weighted by Gasteiger charge is -2.33. The van der Waals surface area contributed by atoms with Gasteiger partial charge in [0.25, 0.3) is 0 Å². The summed E-state index contributed by atoms with van der Waals surface area (Å²) in [6.45, 7) is 3.82. The number of carbonyl (C=O) groups is 1. The number of carbonyl (C=O) groups excluding carboxylic acids is 1. The average molecular weight is 306 g/mol. The van der Waals surface area contributed by atoms with Crippen molar-refractivity contribution in [3.05, 3.63) is 46.5 Å². The van der Waals surface area contributed by atoms with Crippen molar-refractivity contribution in [3.63, 3.8) is 0 Å². The first kappa shape index (κ1) is 14.4. The first-order valence-corrected chi connectivity index (χ1v) is 7.74. The largest absolute Gasteiger partial charge is 0.465 e. The van der Waals surface area contributed by atoms with E-state index in [1.54, 1.807) is 17.8 Å². The van der Waals surface area contributed by atoms with Crippen molar-refractivity contribution in [2.75, 3.05) is 20.2 Å². The summed E-state index contributed by atoms with van der Waals surface area (Å²) in [4.78, 5) is 18.8. The molecule has 0 spiro atoms. The minimum atomic E-state index is -0.319. The van der Waals surface area contributed by atoms with Crippen LogP contribution in [-0.2, 0) is 9.57 Å². The molecular formula is C15H18N2O3S. The van der Waals surface area contributed by atoms with Crippen molar-refractivity contribution in [3.8, 4) is 0 Å². The zero-order valence-corrected chi connectivity index (χ0v) is 12.9. The molecule has 0 aliphatic carbocycles. The van der Waals surface area contributed by atoms with Crippen LogP contribution in [-0.4, -0.2) is 37.3 Å². The molecule has 0 amide bonds. The Hall–Kier alpha value is -1.50. The van der Waals surface area contributed by atoms with Gasteiger partial charge in [0.1, 0.15) is 11.5 Å². The fourth-order valence-electron chi connectivity index (χ4n) is 2.25. The van der Waals surface area contributed by atoms with Gasteiger partial charge in [0.05, 0.1) is 12.7 Å². The number of ether oxygens (including phenoxy) is 1. The number of hydrogen-bond donors (Lipinski definition) is 1. The van der Waals surface area contributed by atoms with Gasteiger partial charge in [0.2, 0.25) is 0 Å². The molecule has 21 heavy (non-hydrogen) atoms. The van der Waals surface area contributed by atoms with Crippen molar-refractivity contribution < 1.29 is 14.4 Å². The van der Waals surface area contributed by atoms with Crippen LogP contribution in [0, 0.1) is 0 Å². The van der Waals surface area contributed by atoms with Crippen LogP contribution in [0.15, 0.2) is 35.4 Å². The second-order valence-electron chi connectivity index (χ2n) is 5.07. The number of nitrogens with zero attached hydrogens (tertiary/aromatic N) is 1. The molecule has 2 aliphatic heterocycles. The summed E-state index contributed by atoms with van der Waals surface area (Å²) in [5.41, 5.74) is 1.59. The van der Waals surface area contributed by atoms with E-state index in [9.17, 15) is 4.79 Å². The summed E-state index contributed by atoms with van der Waals surface area (Å²) in [7, 11) is 1.39. The van der Waals surface area contributed by atoms with Gasteiger partial charge in [-0.1, -0.05) is 23.9 Å². The Morgan fingerprint density at radius 2 is 2.24 bits per heavy atom. The highest BCUT2D eigenvalue weighted by atomic mass is 32.2. The number of nitrogens with one attached hydrogen (secondary N) is 1. The minimum absolute atomic E-state index is 0.0372. The summed E-state index contributed by atoms with van der Waals surface area (Å²) < 4.78 is 4.78. The molecule has 1 aromatic carbocycles. The first-order chi connectivity index (χ1) is 10.2. The molecule has 0 radical (unpaired) electrons. The lowest BCUT2D eigenvalue weighted by atomic mass is 10.1. The van der Waals surface area contributed by atoms with Gasteiger partial charge in [-0.25, -0.2) is 9.86 Å². The number of hydrogen-bond acceptors (Lipinski definition) is 6. The van der Waals surface area contributed by atoms with E-state index >= 15 is 0 Å². The maximum atomic E-state index is 11.7. The van der Waals surface area contributed by atoms with Crippen LogP contribution >= 0.6 is 11.8 Å². The molecule has 1 fully saturated rings. The van der Waals surface area contributed by atoms with E-state index in [2.05, 4.69) is 12.2 Å². The number of thioether (sulfide) groups is 1. The summed E-state index contributed by atoms with van der Waals surface area (Å²) in [5, 5.41) is 5.12. The fourth-order valence-corrected chi connectivity index (χ4v) is 3.27. The molecule has 2 aliphatic rings. The Labute approximate surface area is 128 Å². The first-order valence-electron chi connectivity index (χ1n) is 6.86. The van der Waals surface area contributed by atoms with E-state index in [0.29, 0.717) is 5.56 Å². The van der Waals surface area contributed by atoms with Crippen LogP contribution in [0.5, 0.6) is 0 Å². The molecule has 1 saturated heterocycles. The van der Waals surface area contributed by atoms with E-state index < -0.39 is 0 Å². The van der Waals surface area contributed by atoms with E-state index in [1.165, 1.54) is 12.0 Å². The van der Waals surface area contributed by atoms with Crippen LogP contribution in [0.1, 0.15) is 28.2 Å². The Bertz CT molecular complexity index is 572. The van der Waals surface area contributed by atoms with Gasteiger partial charge in [-0.15, -0.1) is 0 Å². The molecule has 1 atom stereocenters. The number of allylic oxidation sites excluding steroid dienone is 1. The lowest BCUT2D eigenvalue weighted by molar-refractivity contribution is -0.183. The number of benzene rings is 1. The van der Waals surface area contributed by atoms with Gasteiger partial charge in [-0.3, -0.25) is 4.84 Å². The second kappa shape index (κ2) is 6.09. The molecule has 112 valence electrons. The number of esters is 1. The molecule has 0 saturated carbocycles. The third kappa shape index (κ3) is 3.07. The third-order valence-corrected chi connectivity index (χ3v) is 4.63. The smallest absolute Gasteiger partial charge is 0.337 e. The predicted octanol–water partition coefficient (Wildman–Crippen LogP) is 2.29. The molecule has 6 heteroatoms. The van der Waals surface area contributed by atoms with Crippen LogP contribution in [0.25, 0.3) is 0 Å². The number of rotatable bonds is 4. The zero-order chi connectivity index (χ0) is 14.8. The average Bonchev–Trinajstić information content (AvgIpc) is 2.83. The Morgan fingerprint density at radius 1 is 1.43 bits per heavy atom. The standard InChI is InChI=1S/C15H18N2O3S/c1-10-9-17(20-13-7-16-8-13)14(21-10)11-4-3-5-12(6-11)15(18)19-2/h3-6,9,13-14,16H,7-8H2,1-2H3. The normalized spacial score (nSPS) is 21.9. The molecule has 2 heterocycles. The minimum Gasteiger partial charge on any atom is -0.465 e. The topological polar surface area (TPSA) is 50.8 Å². The molecule has 3 rings (SSSR count). The van der Waals surface area contributed by atoms with E-state index in [-0.39, 0.29) is 17.4 Å². The quantitative estimate of drug-likeness (QED) is 0.861.